The van der Waals surface area contributed by atoms with Crippen LogP contribution in [0.3, 0.4) is 0 Å². The maximum atomic E-state index is 6.50. The maximum absolute atomic E-state index is 6.50. The molecule has 0 unspecified atom stereocenters. The van der Waals surface area contributed by atoms with Gasteiger partial charge in [-0.1, -0.05) is 54.1 Å². The zero-order valence-corrected chi connectivity index (χ0v) is 13.6. The van der Waals surface area contributed by atoms with Gasteiger partial charge >= 0.3 is 0 Å². The minimum atomic E-state index is 0.699. The van der Waals surface area contributed by atoms with Crippen molar-refractivity contribution in [2.24, 2.45) is 0 Å². The zero-order valence-electron chi connectivity index (χ0n) is 11.2. The summed E-state index contributed by atoms with van der Waals surface area (Å²) in [5.41, 5.74) is 3.09. The molecule has 0 heterocycles. The highest BCUT2D eigenvalue weighted by Gasteiger charge is 2.15. The standard InChI is InChI=1S/C18H13BrClN/c19-16-12-7-13-17(18(16)20)21(14-8-3-1-4-9-14)15-10-5-2-6-11-15/h1-13H. The van der Waals surface area contributed by atoms with Crippen molar-refractivity contribution in [2.45, 2.75) is 0 Å². The second-order valence-electron chi connectivity index (χ2n) is 4.58. The molecule has 0 aromatic heterocycles. The van der Waals surface area contributed by atoms with Gasteiger partial charge in [-0.05, 0) is 52.3 Å². The van der Waals surface area contributed by atoms with Crippen LogP contribution < -0.4 is 4.90 Å². The van der Waals surface area contributed by atoms with E-state index in [1.54, 1.807) is 0 Å². The van der Waals surface area contributed by atoms with E-state index >= 15 is 0 Å². The summed E-state index contributed by atoms with van der Waals surface area (Å²) in [6.45, 7) is 0. The molecule has 0 N–H and O–H groups in total. The summed E-state index contributed by atoms with van der Waals surface area (Å²) in [6, 6.07) is 26.4. The molecule has 3 aromatic carbocycles. The maximum Gasteiger partial charge on any atom is 0.0788 e. The van der Waals surface area contributed by atoms with Crippen LogP contribution in [0.5, 0.6) is 0 Å². The highest BCUT2D eigenvalue weighted by molar-refractivity contribution is 9.10. The fourth-order valence-electron chi connectivity index (χ4n) is 2.25. The van der Waals surface area contributed by atoms with Crippen LogP contribution >= 0.6 is 27.5 Å². The van der Waals surface area contributed by atoms with Gasteiger partial charge in [-0.15, -0.1) is 0 Å². The number of halogens is 2. The van der Waals surface area contributed by atoms with Crippen LogP contribution in [0.15, 0.2) is 83.3 Å². The predicted octanol–water partition coefficient (Wildman–Crippen LogP) is 6.57. The average molecular weight is 359 g/mol. The molecule has 0 aliphatic rings. The average Bonchev–Trinajstić information content (AvgIpc) is 2.54. The molecule has 0 bridgehead atoms. The smallest absolute Gasteiger partial charge is 0.0788 e. The Kier molecular flexibility index (Phi) is 4.28. The van der Waals surface area contributed by atoms with E-state index in [2.05, 4.69) is 45.1 Å². The van der Waals surface area contributed by atoms with Gasteiger partial charge in [-0.2, -0.15) is 0 Å². The number of benzene rings is 3. The molecule has 21 heavy (non-hydrogen) atoms. The Hall–Kier alpha value is -1.77. The van der Waals surface area contributed by atoms with Crippen LogP contribution in [-0.2, 0) is 0 Å². The highest BCUT2D eigenvalue weighted by Crippen LogP contribution is 2.41. The summed E-state index contributed by atoms with van der Waals surface area (Å²) < 4.78 is 0.888. The van der Waals surface area contributed by atoms with E-state index < -0.39 is 0 Å². The van der Waals surface area contributed by atoms with E-state index in [0.717, 1.165) is 21.5 Å². The first-order chi connectivity index (χ1) is 10.3. The number of hydrogen-bond donors (Lipinski definition) is 0. The van der Waals surface area contributed by atoms with Crippen LogP contribution in [0.25, 0.3) is 0 Å². The molecule has 0 radical (unpaired) electrons. The Morgan fingerprint density at radius 3 is 1.71 bits per heavy atom. The molecule has 0 spiro atoms. The lowest BCUT2D eigenvalue weighted by molar-refractivity contribution is 1.28. The van der Waals surface area contributed by atoms with Gasteiger partial charge in [0.05, 0.1) is 10.7 Å². The molecule has 3 rings (SSSR count). The van der Waals surface area contributed by atoms with Crippen LogP contribution in [-0.4, -0.2) is 0 Å². The van der Waals surface area contributed by atoms with Crippen molar-refractivity contribution in [1.29, 1.82) is 0 Å². The lowest BCUT2D eigenvalue weighted by Gasteiger charge is -2.26. The number of anilines is 3. The first-order valence-corrected chi connectivity index (χ1v) is 7.79. The van der Waals surface area contributed by atoms with Gasteiger partial charge in [-0.3, -0.25) is 0 Å². The van der Waals surface area contributed by atoms with Crippen LogP contribution in [0.4, 0.5) is 17.1 Å². The van der Waals surface area contributed by atoms with E-state index in [0.29, 0.717) is 5.02 Å². The van der Waals surface area contributed by atoms with Gasteiger partial charge in [-0.25, -0.2) is 0 Å². The van der Waals surface area contributed by atoms with Crippen LogP contribution in [0, 0.1) is 0 Å². The first kappa shape index (κ1) is 14.2. The largest absolute Gasteiger partial charge is 0.309 e. The Labute approximate surface area is 137 Å². The Morgan fingerprint density at radius 2 is 1.19 bits per heavy atom. The van der Waals surface area contributed by atoms with Gasteiger partial charge in [0.1, 0.15) is 0 Å². The molecule has 0 saturated heterocycles. The molecule has 0 amide bonds. The molecule has 0 aliphatic heterocycles. The summed E-state index contributed by atoms with van der Waals surface area (Å²) in [4.78, 5) is 2.15. The normalized spacial score (nSPS) is 10.4. The molecule has 0 fully saturated rings. The molecule has 0 aliphatic carbocycles. The van der Waals surface area contributed by atoms with E-state index in [1.165, 1.54) is 0 Å². The fourth-order valence-corrected chi connectivity index (χ4v) is 2.81. The van der Waals surface area contributed by atoms with Gasteiger partial charge in [0.2, 0.25) is 0 Å². The van der Waals surface area contributed by atoms with Crippen molar-refractivity contribution in [2.75, 3.05) is 4.90 Å². The van der Waals surface area contributed by atoms with Gasteiger partial charge in [0, 0.05) is 15.8 Å². The molecule has 3 aromatic rings. The fraction of sp³-hybridized carbons (Fsp3) is 0. The molecule has 0 atom stereocenters. The third-order valence-corrected chi connectivity index (χ3v) is 4.49. The van der Waals surface area contributed by atoms with Crippen molar-refractivity contribution in [1.82, 2.24) is 0 Å². The van der Waals surface area contributed by atoms with E-state index in [9.17, 15) is 0 Å². The summed E-state index contributed by atoms with van der Waals surface area (Å²) in [5.74, 6) is 0. The summed E-state index contributed by atoms with van der Waals surface area (Å²) in [5, 5.41) is 0.699. The van der Waals surface area contributed by atoms with E-state index in [-0.39, 0.29) is 0 Å². The number of para-hydroxylation sites is 2. The third kappa shape index (κ3) is 2.97. The van der Waals surface area contributed by atoms with Crippen molar-refractivity contribution < 1.29 is 0 Å². The van der Waals surface area contributed by atoms with Crippen molar-refractivity contribution in [3.8, 4) is 0 Å². The van der Waals surface area contributed by atoms with Crippen LogP contribution in [0.1, 0.15) is 0 Å². The van der Waals surface area contributed by atoms with Crippen LogP contribution in [0.2, 0.25) is 5.02 Å². The monoisotopic (exact) mass is 357 g/mol. The highest BCUT2D eigenvalue weighted by atomic mass is 79.9. The van der Waals surface area contributed by atoms with E-state index in [4.69, 9.17) is 11.6 Å². The topological polar surface area (TPSA) is 3.24 Å². The molecular formula is C18H13BrClN. The summed E-state index contributed by atoms with van der Waals surface area (Å²) in [7, 11) is 0. The number of rotatable bonds is 3. The summed E-state index contributed by atoms with van der Waals surface area (Å²) >= 11 is 10.0. The minimum absolute atomic E-state index is 0.699. The number of hydrogen-bond acceptors (Lipinski definition) is 1. The zero-order chi connectivity index (χ0) is 14.7. The molecule has 1 nitrogen and oxygen atoms in total. The second-order valence-corrected chi connectivity index (χ2v) is 5.81. The van der Waals surface area contributed by atoms with Crippen molar-refractivity contribution >= 4 is 44.6 Å². The Bertz CT molecular complexity index is 689. The number of nitrogens with zero attached hydrogens (tertiary/aromatic N) is 1. The lowest BCUT2D eigenvalue weighted by Crippen LogP contribution is -2.10. The van der Waals surface area contributed by atoms with Crippen molar-refractivity contribution in [3.63, 3.8) is 0 Å². The molecule has 104 valence electrons. The Balaban J connectivity index is 2.20. The summed E-state index contributed by atoms with van der Waals surface area (Å²) in [6.07, 6.45) is 0. The van der Waals surface area contributed by atoms with Crippen molar-refractivity contribution in [3.05, 3.63) is 88.4 Å². The molecule has 0 saturated carbocycles. The lowest BCUT2D eigenvalue weighted by atomic mass is 10.2. The molecular weight excluding hydrogens is 346 g/mol. The SMILES string of the molecule is Clc1c(Br)cccc1N(c1ccccc1)c1ccccc1. The van der Waals surface area contributed by atoms with Gasteiger partial charge in [0.25, 0.3) is 0 Å². The Morgan fingerprint density at radius 1 is 0.667 bits per heavy atom. The van der Waals surface area contributed by atoms with E-state index in [1.807, 2.05) is 54.6 Å². The minimum Gasteiger partial charge on any atom is -0.309 e. The first-order valence-electron chi connectivity index (χ1n) is 6.61. The molecule has 3 heteroatoms. The third-order valence-electron chi connectivity index (χ3n) is 3.20. The second kappa shape index (κ2) is 6.33. The predicted molar refractivity (Wildman–Crippen MR) is 93.8 cm³/mol. The van der Waals surface area contributed by atoms with Gasteiger partial charge in [0.15, 0.2) is 0 Å². The van der Waals surface area contributed by atoms with Gasteiger partial charge < -0.3 is 4.90 Å². The quantitative estimate of drug-likeness (QED) is 0.511.